The summed E-state index contributed by atoms with van der Waals surface area (Å²) in [5.74, 6) is 0.567. The van der Waals surface area contributed by atoms with E-state index in [0.29, 0.717) is 5.82 Å². The van der Waals surface area contributed by atoms with E-state index < -0.39 is 0 Å². The van der Waals surface area contributed by atoms with Crippen LogP contribution in [0.25, 0.3) is 11.1 Å². The van der Waals surface area contributed by atoms with Crippen LogP contribution in [0.4, 0.5) is 5.82 Å². The van der Waals surface area contributed by atoms with Crippen molar-refractivity contribution in [1.29, 1.82) is 0 Å². The lowest BCUT2D eigenvalue weighted by molar-refractivity contribution is 0.641. The van der Waals surface area contributed by atoms with Crippen molar-refractivity contribution in [3.8, 4) is 11.1 Å². The molecule has 0 spiro atoms. The third kappa shape index (κ3) is 2.60. The molecule has 1 aromatic heterocycles. The van der Waals surface area contributed by atoms with E-state index in [1.165, 1.54) is 11.1 Å². The third-order valence-corrected chi connectivity index (χ3v) is 4.25. The number of anilines is 1. The minimum Gasteiger partial charge on any atom is -0.383 e. The topological polar surface area (TPSA) is 38.9 Å². The summed E-state index contributed by atoms with van der Waals surface area (Å²) in [5, 5.41) is 0. The molecule has 0 atom stereocenters. The lowest BCUT2D eigenvalue weighted by Gasteiger charge is -2.26. The van der Waals surface area contributed by atoms with Crippen molar-refractivity contribution in [3.05, 3.63) is 84.1 Å². The van der Waals surface area contributed by atoms with Crippen molar-refractivity contribution >= 4 is 5.82 Å². The highest BCUT2D eigenvalue weighted by Crippen LogP contribution is 2.33. The summed E-state index contributed by atoms with van der Waals surface area (Å²) in [5.41, 5.74) is 10.6. The van der Waals surface area contributed by atoms with Crippen LogP contribution in [0.5, 0.6) is 0 Å². The molecule has 0 fully saturated rings. The maximum Gasteiger partial charge on any atom is 0.131 e. The van der Waals surface area contributed by atoms with Crippen LogP contribution in [0.15, 0.2) is 72.9 Å². The zero-order chi connectivity index (χ0) is 15.6. The predicted molar refractivity (Wildman–Crippen MR) is 92.7 cm³/mol. The van der Waals surface area contributed by atoms with Crippen LogP contribution in [0, 0.1) is 0 Å². The normalized spacial score (nSPS) is 11.4. The number of hydrogen-bond acceptors (Lipinski definition) is 2. The summed E-state index contributed by atoms with van der Waals surface area (Å²) in [6.45, 7) is 4.49. The molecule has 0 aliphatic rings. The number of hydrogen-bond donors (Lipinski definition) is 1. The van der Waals surface area contributed by atoms with Crippen molar-refractivity contribution in [2.24, 2.45) is 0 Å². The van der Waals surface area contributed by atoms with Gasteiger partial charge in [-0.1, -0.05) is 68.4 Å². The molecule has 0 aliphatic heterocycles. The minimum atomic E-state index is -0.0275. The van der Waals surface area contributed by atoms with Gasteiger partial charge in [0.25, 0.3) is 0 Å². The van der Waals surface area contributed by atoms with Gasteiger partial charge in [-0.2, -0.15) is 0 Å². The van der Waals surface area contributed by atoms with E-state index in [1.54, 1.807) is 6.20 Å². The van der Waals surface area contributed by atoms with Crippen molar-refractivity contribution in [1.82, 2.24) is 4.98 Å². The molecular weight excluding hydrogens is 268 g/mol. The molecule has 0 radical (unpaired) electrons. The highest BCUT2D eigenvalue weighted by molar-refractivity contribution is 5.73. The van der Waals surface area contributed by atoms with E-state index >= 15 is 0 Å². The van der Waals surface area contributed by atoms with Crippen LogP contribution < -0.4 is 5.73 Å². The molecule has 110 valence electrons. The van der Waals surface area contributed by atoms with Gasteiger partial charge < -0.3 is 5.73 Å². The number of nitrogens with zero attached hydrogens (tertiary/aromatic N) is 1. The number of rotatable bonds is 3. The number of benzene rings is 2. The maximum absolute atomic E-state index is 5.96. The van der Waals surface area contributed by atoms with E-state index in [0.717, 1.165) is 11.1 Å². The minimum absolute atomic E-state index is 0.0275. The second kappa shape index (κ2) is 5.64. The Balaban J connectivity index is 1.97. The van der Waals surface area contributed by atoms with Gasteiger partial charge in [0.15, 0.2) is 0 Å². The zero-order valence-electron chi connectivity index (χ0n) is 13.0. The first kappa shape index (κ1) is 14.3. The molecule has 0 amide bonds. The maximum atomic E-state index is 5.96. The van der Waals surface area contributed by atoms with Crippen molar-refractivity contribution in [2.45, 2.75) is 19.3 Å². The molecule has 2 N–H and O–H groups in total. The molecule has 0 saturated carbocycles. The van der Waals surface area contributed by atoms with E-state index in [2.05, 4.69) is 67.4 Å². The summed E-state index contributed by atoms with van der Waals surface area (Å²) >= 11 is 0. The fraction of sp³-hybridized carbons (Fsp3) is 0.150. The number of nitrogen functional groups attached to an aromatic ring is 1. The molecule has 0 bridgehead atoms. The zero-order valence-corrected chi connectivity index (χ0v) is 13.0. The van der Waals surface area contributed by atoms with Gasteiger partial charge in [0.2, 0.25) is 0 Å². The average molecular weight is 288 g/mol. The fourth-order valence-corrected chi connectivity index (χ4v) is 2.75. The summed E-state index contributed by atoms with van der Waals surface area (Å²) in [7, 11) is 0. The highest BCUT2D eigenvalue weighted by Gasteiger charge is 2.22. The van der Waals surface area contributed by atoms with Gasteiger partial charge in [-0.15, -0.1) is 0 Å². The Morgan fingerprint density at radius 2 is 1.41 bits per heavy atom. The monoisotopic (exact) mass is 288 g/mol. The summed E-state index contributed by atoms with van der Waals surface area (Å²) < 4.78 is 0. The van der Waals surface area contributed by atoms with E-state index in [1.807, 2.05) is 18.2 Å². The quantitative estimate of drug-likeness (QED) is 0.761. The Kier molecular flexibility index (Phi) is 3.68. The summed E-state index contributed by atoms with van der Waals surface area (Å²) in [4.78, 5) is 4.15. The lowest BCUT2D eigenvalue weighted by atomic mass is 9.78. The second-order valence-electron chi connectivity index (χ2n) is 6.00. The largest absolute Gasteiger partial charge is 0.383 e. The fourth-order valence-electron chi connectivity index (χ4n) is 2.75. The summed E-state index contributed by atoms with van der Waals surface area (Å²) in [6, 6.07) is 23.1. The number of aromatic nitrogens is 1. The van der Waals surface area contributed by atoms with Gasteiger partial charge in [0, 0.05) is 17.2 Å². The van der Waals surface area contributed by atoms with Crippen molar-refractivity contribution in [2.75, 3.05) is 5.73 Å². The van der Waals surface area contributed by atoms with Gasteiger partial charge in [0.05, 0.1) is 0 Å². The second-order valence-corrected chi connectivity index (χ2v) is 6.00. The van der Waals surface area contributed by atoms with Crippen LogP contribution in [0.3, 0.4) is 0 Å². The standard InChI is InChI=1S/C20H20N2/c1-20(2,16-7-4-3-5-8-16)17-12-10-15(11-13-17)18-9-6-14-22-19(18)21/h3-14H,1-2H3,(H2,21,22). The smallest absolute Gasteiger partial charge is 0.131 e. The SMILES string of the molecule is CC(C)(c1ccccc1)c1ccc(-c2cccnc2N)cc1. The third-order valence-electron chi connectivity index (χ3n) is 4.25. The molecule has 3 aromatic rings. The van der Waals surface area contributed by atoms with Crippen LogP contribution in [0.2, 0.25) is 0 Å². The van der Waals surface area contributed by atoms with Crippen LogP contribution in [-0.2, 0) is 5.41 Å². The first-order valence-electron chi connectivity index (χ1n) is 7.46. The molecule has 2 nitrogen and oxygen atoms in total. The molecule has 0 aliphatic carbocycles. The molecule has 2 aromatic carbocycles. The van der Waals surface area contributed by atoms with E-state index in [9.17, 15) is 0 Å². The van der Waals surface area contributed by atoms with Crippen LogP contribution in [-0.4, -0.2) is 4.98 Å². The number of nitrogens with two attached hydrogens (primary N) is 1. The lowest BCUT2D eigenvalue weighted by Crippen LogP contribution is -2.18. The van der Waals surface area contributed by atoms with Gasteiger partial charge in [0.1, 0.15) is 5.82 Å². The van der Waals surface area contributed by atoms with E-state index in [4.69, 9.17) is 5.73 Å². The van der Waals surface area contributed by atoms with Crippen molar-refractivity contribution in [3.63, 3.8) is 0 Å². The van der Waals surface area contributed by atoms with Gasteiger partial charge in [-0.25, -0.2) is 4.98 Å². The predicted octanol–water partition coefficient (Wildman–Crippen LogP) is 4.66. The summed E-state index contributed by atoms with van der Waals surface area (Å²) in [6.07, 6.45) is 1.71. The Bertz CT molecular complexity index is 759. The Labute approximate surface area is 131 Å². The van der Waals surface area contributed by atoms with Crippen molar-refractivity contribution < 1.29 is 0 Å². The van der Waals surface area contributed by atoms with Gasteiger partial charge >= 0.3 is 0 Å². The first-order chi connectivity index (χ1) is 10.6. The first-order valence-corrected chi connectivity index (χ1v) is 7.46. The Hall–Kier alpha value is -2.61. The molecule has 0 unspecified atom stereocenters. The molecule has 0 saturated heterocycles. The number of pyridine rings is 1. The Morgan fingerprint density at radius 3 is 2.05 bits per heavy atom. The molecule has 3 rings (SSSR count). The average Bonchev–Trinajstić information content (AvgIpc) is 2.56. The Morgan fingerprint density at radius 1 is 0.773 bits per heavy atom. The van der Waals surface area contributed by atoms with Gasteiger partial charge in [-0.3, -0.25) is 0 Å². The molecule has 22 heavy (non-hydrogen) atoms. The molecular formula is C20H20N2. The molecule has 1 heterocycles. The highest BCUT2D eigenvalue weighted by atomic mass is 14.8. The van der Waals surface area contributed by atoms with Crippen LogP contribution in [0.1, 0.15) is 25.0 Å². The van der Waals surface area contributed by atoms with Crippen LogP contribution >= 0.6 is 0 Å². The van der Waals surface area contributed by atoms with Gasteiger partial charge in [-0.05, 0) is 28.8 Å². The molecule has 2 heteroatoms. The van der Waals surface area contributed by atoms with E-state index in [-0.39, 0.29) is 5.41 Å².